The maximum absolute atomic E-state index is 12.3. The van der Waals surface area contributed by atoms with Crippen LogP contribution < -0.4 is 5.56 Å². The van der Waals surface area contributed by atoms with E-state index in [1.807, 2.05) is 6.07 Å². The van der Waals surface area contributed by atoms with E-state index in [2.05, 4.69) is 49.2 Å². The highest BCUT2D eigenvalue weighted by atomic mass is 16.3. The number of hydrogen-bond donors (Lipinski definition) is 3. The molecule has 5 unspecified atom stereocenters. The zero-order valence-electron chi connectivity index (χ0n) is 19.5. The molecule has 0 aliphatic heterocycles. The molecule has 1 heterocycles. The molecule has 0 spiro atoms. The highest BCUT2D eigenvalue weighted by molar-refractivity contribution is 5.87. The van der Waals surface area contributed by atoms with Gasteiger partial charge in [-0.3, -0.25) is 4.79 Å². The second-order valence-corrected chi connectivity index (χ2v) is 11.1. The first-order chi connectivity index (χ1) is 15.8. The number of aromatic amines is 1. The zero-order valence-corrected chi connectivity index (χ0v) is 19.5. The van der Waals surface area contributed by atoms with E-state index in [4.69, 9.17) is 0 Å². The predicted octanol–water partition coefficient (Wildman–Crippen LogP) is 5.13. The van der Waals surface area contributed by atoms with Crippen LogP contribution in [0, 0.1) is 23.2 Å². The first kappa shape index (κ1) is 21.1. The maximum Gasteiger partial charge on any atom is 0.248 e. The van der Waals surface area contributed by atoms with Crippen LogP contribution in [0.2, 0.25) is 0 Å². The number of allylic oxidation sites excluding steroid dienone is 3. The lowest BCUT2D eigenvalue weighted by Gasteiger charge is -2.51. The normalized spacial score (nSPS) is 37.9. The van der Waals surface area contributed by atoms with E-state index < -0.39 is 5.60 Å². The molecule has 1 aromatic heterocycles. The summed E-state index contributed by atoms with van der Waals surface area (Å²) in [7, 11) is 0. The fourth-order valence-corrected chi connectivity index (χ4v) is 7.40. The third kappa shape index (κ3) is 3.07. The summed E-state index contributed by atoms with van der Waals surface area (Å²) in [6.07, 6.45) is 13.7. The van der Waals surface area contributed by atoms with Crippen molar-refractivity contribution >= 4 is 16.3 Å². The molecule has 6 atom stereocenters. The molecule has 4 aliphatic carbocycles. The van der Waals surface area contributed by atoms with Crippen LogP contribution in [0.25, 0.3) is 16.3 Å². The van der Waals surface area contributed by atoms with E-state index in [0.717, 1.165) is 54.9 Å². The zero-order chi connectivity index (χ0) is 23.0. The topological polar surface area (TPSA) is 73.3 Å². The Morgan fingerprint density at radius 3 is 2.82 bits per heavy atom. The molecule has 1 aromatic carbocycles. The van der Waals surface area contributed by atoms with E-state index in [0.29, 0.717) is 5.92 Å². The Morgan fingerprint density at radius 2 is 1.97 bits per heavy atom. The van der Waals surface area contributed by atoms with Gasteiger partial charge in [-0.05, 0) is 83.9 Å². The first-order valence-corrected chi connectivity index (χ1v) is 12.5. The van der Waals surface area contributed by atoms with Crippen molar-refractivity contribution in [3.05, 3.63) is 75.8 Å². The highest BCUT2D eigenvalue weighted by Crippen LogP contribution is 2.63. The van der Waals surface area contributed by atoms with Crippen molar-refractivity contribution in [1.82, 2.24) is 4.98 Å². The second-order valence-electron chi connectivity index (χ2n) is 11.1. The number of aliphatic hydroxyl groups excluding tert-OH is 1. The summed E-state index contributed by atoms with van der Waals surface area (Å²) < 4.78 is 0. The van der Waals surface area contributed by atoms with E-state index in [9.17, 15) is 15.0 Å². The molecular weight excluding hydrogens is 410 g/mol. The standard InChI is InChI=1S/C29H33NO3/c1-17-11-23-13-21-14-24(31)6-5-18(21)9-10-29(23,33)26-8-7-25(28(17,26)2)20-4-3-19-15-27(32)30-16-22(19)12-20/h3-4,7,11-13,15-18,24,26,31,33H,5-6,8-10,14H2,1-2H3,(H,30,32)/t17?,18?,24?,26?,28?,29-/m1/s1. The van der Waals surface area contributed by atoms with Gasteiger partial charge in [0.2, 0.25) is 5.56 Å². The highest BCUT2D eigenvalue weighted by Gasteiger charge is 2.58. The van der Waals surface area contributed by atoms with Gasteiger partial charge < -0.3 is 15.2 Å². The molecule has 33 heavy (non-hydrogen) atoms. The fourth-order valence-electron chi connectivity index (χ4n) is 7.40. The minimum absolute atomic E-state index is 0.0845. The molecule has 6 rings (SSSR count). The predicted molar refractivity (Wildman–Crippen MR) is 132 cm³/mol. The molecular formula is C29H33NO3. The SMILES string of the molecule is CC1C=C2C=C3CC(O)CCC3CC[C@]2(O)C2CC=C(c3ccc4cc(=O)[nH]cc4c3)C12C. The van der Waals surface area contributed by atoms with Crippen molar-refractivity contribution in [1.29, 1.82) is 0 Å². The van der Waals surface area contributed by atoms with Gasteiger partial charge in [0.1, 0.15) is 0 Å². The summed E-state index contributed by atoms with van der Waals surface area (Å²) in [5, 5.41) is 24.5. The Balaban J connectivity index is 1.42. The van der Waals surface area contributed by atoms with E-state index >= 15 is 0 Å². The Bertz CT molecular complexity index is 1280. The second kappa shape index (κ2) is 7.28. The summed E-state index contributed by atoms with van der Waals surface area (Å²) in [4.78, 5) is 14.5. The van der Waals surface area contributed by atoms with Crippen molar-refractivity contribution in [3.8, 4) is 0 Å². The van der Waals surface area contributed by atoms with Crippen molar-refractivity contribution in [2.75, 3.05) is 0 Å². The number of H-pyrrole nitrogens is 1. The van der Waals surface area contributed by atoms with Crippen LogP contribution in [0.5, 0.6) is 0 Å². The van der Waals surface area contributed by atoms with Crippen LogP contribution in [0.15, 0.2) is 64.6 Å². The summed E-state index contributed by atoms with van der Waals surface area (Å²) >= 11 is 0. The monoisotopic (exact) mass is 443 g/mol. The average molecular weight is 444 g/mol. The minimum atomic E-state index is -0.836. The van der Waals surface area contributed by atoms with Crippen molar-refractivity contribution in [3.63, 3.8) is 0 Å². The lowest BCUT2D eigenvalue weighted by atomic mass is 9.54. The number of fused-ring (bicyclic) bond motifs is 5. The van der Waals surface area contributed by atoms with Crippen molar-refractivity contribution < 1.29 is 10.2 Å². The average Bonchev–Trinajstić information content (AvgIpc) is 3.09. The lowest BCUT2D eigenvalue weighted by Crippen LogP contribution is -2.51. The van der Waals surface area contributed by atoms with Crippen molar-refractivity contribution in [2.24, 2.45) is 23.2 Å². The van der Waals surface area contributed by atoms with Gasteiger partial charge in [-0.2, -0.15) is 0 Å². The van der Waals surface area contributed by atoms with E-state index in [-0.39, 0.29) is 28.9 Å². The van der Waals surface area contributed by atoms with Gasteiger partial charge in [-0.25, -0.2) is 0 Å². The van der Waals surface area contributed by atoms with Crippen molar-refractivity contribution in [2.45, 2.75) is 64.1 Å². The van der Waals surface area contributed by atoms with Gasteiger partial charge in [0.25, 0.3) is 0 Å². The van der Waals surface area contributed by atoms with Crippen LogP contribution in [0.1, 0.15) is 57.9 Å². The number of rotatable bonds is 1. The minimum Gasteiger partial charge on any atom is -0.393 e. The first-order valence-electron chi connectivity index (χ1n) is 12.5. The van der Waals surface area contributed by atoms with Crippen LogP contribution in [0.3, 0.4) is 0 Å². The smallest absolute Gasteiger partial charge is 0.248 e. The van der Waals surface area contributed by atoms with Gasteiger partial charge in [0.05, 0.1) is 11.7 Å². The molecule has 3 N–H and O–H groups in total. The van der Waals surface area contributed by atoms with Gasteiger partial charge in [-0.1, -0.05) is 49.8 Å². The van der Waals surface area contributed by atoms with Gasteiger partial charge >= 0.3 is 0 Å². The van der Waals surface area contributed by atoms with Gasteiger partial charge in [0.15, 0.2) is 0 Å². The van der Waals surface area contributed by atoms with Crippen LogP contribution in [-0.2, 0) is 0 Å². The maximum atomic E-state index is 12.3. The van der Waals surface area contributed by atoms with Gasteiger partial charge in [0, 0.05) is 23.6 Å². The number of aromatic nitrogens is 1. The molecule has 0 saturated heterocycles. The number of aliphatic hydroxyl groups is 2. The quantitative estimate of drug-likeness (QED) is 0.572. The molecule has 2 aromatic rings. The number of hydrogen-bond acceptors (Lipinski definition) is 3. The fraction of sp³-hybridized carbons (Fsp3) is 0.483. The lowest BCUT2D eigenvalue weighted by molar-refractivity contribution is -0.0455. The summed E-state index contributed by atoms with van der Waals surface area (Å²) in [5.41, 5.74) is 3.81. The Hall–Kier alpha value is -2.43. The largest absolute Gasteiger partial charge is 0.393 e. The van der Waals surface area contributed by atoms with Gasteiger partial charge in [-0.15, -0.1) is 0 Å². The van der Waals surface area contributed by atoms with Crippen LogP contribution >= 0.6 is 0 Å². The molecule has 0 bridgehead atoms. The Morgan fingerprint density at radius 1 is 1.12 bits per heavy atom. The molecule has 4 nitrogen and oxygen atoms in total. The van der Waals surface area contributed by atoms with E-state index in [1.165, 1.54) is 16.7 Å². The third-order valence-electron chi connectivity index (χ3n) is 9.43. The number of nitrogens with one attached hydrogen (secondary N) is 1. The summed E-state index contributed by atoms with van der Waals surface area (Å²) in [6, 6.07) is 7.98. The molecule has 172 valence electrons. The van der Waals surface area contributed by atoms with E-state index in [1.54, 1.807) is 12.3 Å². The Kier molecular flexibility index (Phi) is 4.66. The van der Waals surface area contributed by atoms with Crippen LogP contribution in [-0.4, -0.2) is 26.9 Å². The molecule has 1 fully saturated rings. The molecule has 4 aliphatic rings. The van der Waals surface area contributed by atoms with Crippen LogP contribution in [0.4, 0.5) is 0 Å². The molecule has 0 radical (unpaired) electrons. The molecule has 1 saturated carbocycles. The third-order valence-corrected chi connectivity index (χ3v) is 9.43. The Labute approximate surface area is 194 Å². The summed E-state index contributed by atoms with van der Waals surface area (Å²) in [5.74, 6) is 0.893. The molecule has 4 heteroatoms. The summed E-state index contributed by atoms with van der Waals surface area (Å²) in [6.45, 7) is 4.62. The number of pyridine rings is 1. The number of benzene rings is 1. The molecule has 0 amide bonds.